The minimum absolute atomic E-state index is 0.0846. The van der Waals surface area contributed by atoms with E-state index in [1.165, 1.54) is 12.3 Å². The summed E-state index contributed by atoms with van der Waals surface area (Å²) in [6, 6.07) is 6.61. The van der Waals surface area contributed by atoms with Crippen LogP contribution in [-0.4, -0.2) is 9.55 Å². The van der Waals surface area contributed by atoms with Gasteiger partial charge in [-0.05, 0) is 19.1 Å². The van der Waals surface area contributed by atoms with Crippen LogP contribution in [0, 0.1) is 6.92 Å². The van der Waals surface area contributed by atoms with Gasteiger partial charge in [-0.15, -0.1) is 0 Å². The van der Waals surface area contributed by atoms with Gasteiger partial charge in [-0.3, -0.25) is 4.79 Å². The summed E-state index contributed by atoms with van der Waals surface area (Å²) in [5.41, 5.74) is 1.35. The van der Waals surface area contributed by atoms with Crippen molar-refractivity contribution in [1.29, 1.82) is 0 Å². The molecule has 2 aromatic heterocycles. The Hall–Kier alpha value is -1.26. The molecule has 0 saturated carbocycles. The molecule has 0 aliphatic carbocycles. The van der Waals surface area contributed by atoms with Gasteiger partial charge in [0.1, 0.15) is 5.15 Å². The van der Waals surface area contributed by atoms with Gasteiger partial charge in [0.2, 0.25) is 0 Å². The van der Waals surface area contributed by atoms with E-state index in [1.807, 2.05) is 0 Å². The molecule has 7 heteroatoms. The third-order valence-corrected chi connectivity index (χ3v) is 4.46. The third-order valence-electron chi connectivity index (χ3n) is 3.28. The lowest BCUT2D eigenvalue weighted by molar-refractivity contribution is 1.02. The molecular weight excluding hydrogens is 366 g/mol. The van der Waals surface area contributed by atoms with Crippen LogP contribution in [0.4, 0.5) is 0 Å². The Morgan fingerprint density at radius 1 is 1.05 bits per heavy atom. The SMILES string of the molecule is Cc1cc(=O)c2c(Cl)ncc(Cl)c2n1-c1c(Cl)cccc1Cl. The molecule has 0 atom stereocenters. The van der Waals surface area contributed by atoms with Gasteiger partial charge in [0.15, 0.2) is 5.43 Å². The number of aromatic nitrogens is 2. The number of hydrogen-bond acceptors (Lipinski definition) is 2. The molecule has 0 radical (unpaired) electrons. The first-order valence-electron chi connectivity index (χ1n) is 6.22. The monoisotopic (exact) mass is 372 g/mol. The summed E-state index contributed by atoms with van der Waals surface area (Å²) in [6.45, 7) is 1.77. The molecule has 112 valence electrons. The lowest BCUT2D eigenvalue weighted by Gasteiger charge is -2.18. The molecule has 0 N–H and O–H groups in total. The van der Waals surface area contributed by atoms with E-state index >= 15 is 0 Å². The van der Waals surface area contributed by atoms with Crippen LogP contribution in [0.1, 0.15) is 5.69 Å². The van der Waals surface area contributed by atoms with Crippen molar-refractivity contribution in [2.75, 3.05) is 0 Å². The molecule has 0 spiro atoms. The second-order valence-corrected chi connectivity index (χ2v) is 6.26. The number of para-hydroxylation sites is 1. The highest BCUT2D eigenvalue weighted by Gasteiger charge is 2.18. The van der Waals surface area contributed by atoms with Crippen LogP contribution in [0.5, 0.6) is 0 Å². The summed E-state index contributed by atoms with van der Waals surface area (Å²) >= 11 is 24.9. The molecule has 3 aromatic rings. The van der Waals surface area contributed by atoms with Crippen molar-refractivity contribution in [1.82, 2.24) is 9.55 Å². The Kier molecular flexibility index (Phi) is 4.08. The van der Waals surface area contributed by atoms with Crippen molar-refractivity contribution in [3.63, 3.8) is 0 Å². The van der Waals surface area contributed by atoms with E-state index in [0.29, 0.717) is 26.9 Å². The van der Waals surface area contributed by atoms with E-state index < -0.39 is 0 Å². The molecule has 0 fully saturated rings. The van der Waals surface area contributed by atoms with Crippen LogP contribution in [0.15, 0.2) is 35.3 Å². The molecule has 0 aliphatic rings. The smallest absolute Gasteiger partial charge is 0.192 e. The minimum Gasteiger partial charge on any atom is -0.309 e. The zero-order chi connectivity index (χ0) is 16.0. The van der Waals surface area contributed by atoms with Crippen LogP contribution >= 0.6 is 46.4 Å². The Morgan fingerprint density at radius 3 is 2.32 bits per heavy atom. The number of benzene rings is 1. The van der Waals surface area contributed by atoms with E-state index in [1.54, 1.807) is 29.7 Å². The molecule has 22 heavy (non-hydrogen) atoms. The zero-order valence-corrected chi connectivity index (χ0v) is 14.2. The first-order valence-corrected chi connectivity index (χ1v) is 7.73. The predicted molar refractivity (Wildman–Crippen MR) is 92.1 cm³/mol. The molecule has 2 heterocycles. The summed E-state index contributed by atoms with van der Waals surface area (Å²) in [6.07, 6.45) is 1.40. The molecule has 0 aliphatic heterocycles. The number of hydrogen-bond donors (Lipinski definition) is 0. The van der Waals surface area contributed by atoms with E-state index in [4.69, 9.17) is 46.4 Å². The summed E-state index contributed by atoms with van der Waals surface area (Å²) in [7, 11) is 0. The highest BCUT2D eigenvalue weighted by Crippen LogP contribution is 2.34. The lowest BCUT2D eigenvalue weighted by Crippen LogP contribution is -2.13. The first kappa shape index (κ1) is 15.6. The quantitative estimate of drug-likeness (QED) is 0.542. The van der Waals surface area contributed by atoms with Crippen molar-refractivity contribution in [2.24, 2.45) is 0 Å². The van der Waals surface area contributed by atoms with Gasteiger partial charge in [0.25, 0.3) is 0 Å². The number of aryl methyl sites for hydroxylation is 1. The molecule has 3 nitrogen and oxygen atoms in total. The van der Waals surface area contributed by atoms with Gasteiger partial charge < -0.3 is 4.57 Å². The van der Waals surface area contributed by atoms with Crippen LogP contribution < -0.4 is 5.43 Å². The maximum absolute atomic E-state index is 12.3. The topological polar surface area (TPSA) is 34.9 Å². The number of halogens is 4. The maximum atomic E-state index is 12.3. The number of pyridine rings is 2. The average molecular weight is 374 g/mol. The largest absolute Gasteiger partial charge is 0.309 e. The Labute approximate surface area is 146 Å². The highest BCUT2D eigenvalue weighted by atomic mass is 35.5. The number of fused-ring (bicyclic) bond motifs is 1. The van der Waals surface area contributed by atoms with Gasteiger partial charge in [0, 0.05) is 18.0 Å². The third kappa shape index (κ3) is 2.38. The normalized spacial score (nSPS) is 11.1. The summed E-state index contributed by atoms with van der Waals surface area (Å²) < 4.78 is 1.72. The second-order valence-electron chi connectivity index (χ2n) is 4.68. The van der Waals surface area contributed by atoms with E-state index in [2.05, 4.69) is 4.98 Å². The van der Waals surface area contributed by atoms with Crippen LogP contribution in [0.3, 0.4) is 0 Å². The standard InChI is InChI=1S/C15H8Cl4N2O/c1-7-5-11(22)12-14(10(18)6-20-15(12)19)21(7)13-8(16)3-2-4-9(13)17/h2-6H,1H3. The Morgan fingerprint density at radius 2 is 1.68 bits per heavy atom. The van der Waals surface area contributed by atoms with E-state index in [-0.39, 0.29) is 21.0 Å². The van der Waals surface area contributed by atoms with E-state index in [9.17, 15) is 4.79 Å². The summed E-state index contributed by atoms with van der Waals surface area (Å²) in [5, 5.41) is 1.47. The van der Waals surface area contributed by atoms with Crippen molar-refractivity contribution < 1.29 is 0 Å². The molecule has 0 amide bonds. The second kappa shape index (κ2) is 5.74. The van der Waals surface area contributed by atoms with Gasteiger partial charge in [-0.2, -0.15) is 0 Å². The Balaban J connectivity index is 2.61. The van der Waals surface area contributed by atoms with Crippen molar-refractivity contribution in [2.45, 2.75) is 6.92 Å². The van der Waals surface area contributed by atoms with Gasteiger partial charge >= 0.3 is 0 Å². The fraction of sp³-hybridized carbons (Fsp3) is 0.0667. The van der Waals surface area contributed by atoms with Gasteiger partial charge in [-0.1, -0.05) is 52.5 Å². The molecule has 0 saturated heterocycles. The first-order chi connectivity index (χ1) is 10.4. The zero-order valence-electron chi connectivity index (χ0n) is 11.2. The van der Waals surface area contributed by atoms with Gasteiger partial charge in [0.05, 0.1) is 31.7 Å². The molecule has 1 aromatic carbocycles. The fourth-order valence-electron chi connectivity index (χ4n) is 2.39. The summed E-state index contributed by atoms with van der Waals surface area (Å²) in [4.78, 5) is 16.2. The fourth-order valence-corrected chi connectivity index (χ4v) is 3.41. The number of nitrogens with zero attached hydrogens (tertiary/aromatic N) is 2. The molecule has 3 rings (SSSR count). The molecular formula is C15H8Cl4N2O. The maximum Gasteiger partial charge on any atom is 0.192 e. The van der Waals surface area contributed by atoms with Crippen LogP contribution in [0.2, 0.25) is 20.2 Å². The molecule has 0 unspecified atom stereocenters. The van der Waals surface area contributed by atoms with E-state index in [0.717, 1.165) is 0 Å². The average Bonchev–Trinajstić information content (AvgIpc) is 2.44. The Bertz CT molecular complexity index is 946. The lowest BCUT2D eigenvalue weighted by atomic mass is 10.2. The van der Waals surface area contributed by atoms with Crippen molar-refractivity contribution in [3.05, 3.63) is 66.6 Å². The minimum atomic E-state index is -0.257. The van der Waals surface area contributed by atoms with Gasteiger partial charge in [-0.25, -0.2) is 4.98 Å². The van der Waals surface area contributed by atoms with Crippen molar-refractivity contribution >= 4 is 57.3 Å². The number of rotatable bonds is 1. The van der Waals surface area contributed by atoms with Crippen LogP contribution in [0.25, 0.3) is 16.6 Å². The predicted octanol–water partition coefficient (Wildman–Crippen LogP) is 5.31. The molecule has 0 bridgehead atoms. The summed E-state index contributed by atoms with van der Waals surface area (Å²) in [5.74, 6) is 0. The van der Waals surface area contributed by atoms with Crippen molar-refractivity contribution in [3.8, 4) is 5.69 Å². The van der Waals surface area contributed by atoms with Crippen LogP contribution in [-0.2, 0) is 0 Å². The highest BCUT2D eigenvalue weighted by molar-refractivity contribution is 6.40.